The van der Waals surface area contributed by atoms with Gasteiger partial charge in [-0.05, 0) is 31.0 Å². The van der Waals surface area contributed by atoms with E-state index in [1.165, 1.54) is 11.8 Å². The summed E-state index contributed by atoms with van der Waals surface area (Å²) in [6, 6.07) is 6.94. The van der Waals surface area contributed by atoms with Crippen molar-refractivity contribution in [2.75, 3.05) is 18.4 Å². The van der Waals surface area contributed by atoms with Crippen molar-refractivity contribution in [2.45, 2.75) is 24.5 Å². The van der Waals surface area contributed by atoms with E-state index in [1.54, 1.807) is 24.3 Å². The van der Waals surface area contributed by atoms with Crippen LogP contribution in [0.25, 0.3) is 0 Å². The Hall–Kier alpha value is -1.53. The van der Waals surface area contributed by atoms with Crippen LogP contribution in [0.5, 0.6) is 0 Å². The second-order valence-electron chi connectivity index (χ2n) is 5.30. The van der Waals surface area contributed by atoms with Crippen LogP contribution in [0.3, 0.4) is 0 Å². The highest BCUT2D eigenvalue weighted by Crippen LogP contribution is 2.29. The minimum absolute atomic E-state index is 0.122. The number of amidine groups is 1. The standard InChI is InChI=1S/C15H16ClN3O2S/c16-10-4-3-5-11(8-10)17-13(20)9-12-14(21)18-15(22-12)19-6-1-2-7-19/h3-5,8,12H,1-2,6-7,9H2,(H,17,20)/t12-/m0/s1. The number of carbonyl (C=O) groups is 2. The number of carbonyl (C=O) groups excluding carboxylic acids is 2. The molecule has 22 heavy (non-hydrogen) atoms. The number of nitrogens with one attached hydrogen (secondary N) is 1. The summed E-state index contributed by atoms with van der Waals surface area (Å²) in [5.41, 5.74) is 0.633. The van der Waals surface area contributed by atoms with Crippen molar-refractivity contribution in [1.82, 2.24) is 4.90 Å². The van der Waals surface area contributed by atoms with Gasteiger partial charge in [-0.15, -0.1) is 0 Å². The molecule has 7 heteroatoms. The molecule has 0 saturated carbocycles. The number of anilines is 1. The maximum absolute atomic E-state index is 12.1. The van der Waals surface area contributed by atoms with Crippen molar-refractivity contribution in [3.63, 3.8) is 0 Å². The topological polar surface area (TPSA) is 61.8 Å². The molecule has 0 aliphatic carbocycles. The first kappa shape index (κ1) is 15.4. The predicted molar refractivity (Wildman–Crippen MR) is 89.3 cm³/mol. The molecule has 3 rings (SSSR count). The molecule has 2 aliphatic rings. The zero-order chi connectivity index (χ0) is 15.5. The van der Waals surface area contributed by atoms with E-state index in [1.807, 2.05) is 0 Å². The largest absolute Gasteiger partial charge is 0.351 e. The summed E-state index contributed by atoms with van der Waals surface area (Å²) >= 11 is 7.28. The van der Waals surface area contributed by atoms with Crippen LogP contribution < -0.4 is 5.32 Å². The summed E-state index contributed by atoms with van der Waals surface area (Å²) in [6.07, 6.45) is 2.39. The molecule has 1 fully saturated rings. The van der Waals surface area contributed by atoms with Crippen LogP contribution in [0.1, 0.15) is 19.3 Å². The Morgan fingerprint density at radius 1 is 1.41 bits per heavy atom. The molecule has 5 nitrogen and oxygen atoms in total. The zero-order valence-corrected chi connectivity index (χ0v) is 13.5. The summed E-state index contributed by atoms with van der Waals surface area (Å²) in [4.78, 5) is 30.2. The van der Waals surface area contributed by atoms with Crippen molar-refractivity contribution in [2.24, 2.45) is 4.99 Å². The number of amides is 2. The Labute approximate surface area is 138 Å². The number of benzene rings is 1. The van der Waals surface area contributed by atoms with E-state index in [0.29, 0.717) is 10.7 Å². The van der Waals surface area contributed by atoms with E-state index in [2.05, 4.69) is 15.2 Å². The van der Waals surface area contributed by atoms with Gasteiger partial charge >= 0.3 is 0 Å². The number of likely N-dealkylation sites (tertiary alicyclic amines) is 1. The Kier molecular flexibility index (Phi) is 4.69. The van der Waals surface area contributed by atoms with Gasteiger partial charge in [-0.3, -0.25) is 9.59 Å². The molecule has 0 aromatic heterocycles. The fourth-order valence-electron chi connectivity index (χ4n) is 2.50. The third kappa shape index (κ3) is 3.62. The first-order valence-corrected chi connectivity index (χ1v) is 8.47. The first-order valence-electron chi connectivity index (χ1n) is 7.21. The number of halogens is 1. The number of aliphatic imine (C=N–C) groups is 1. The number of hydrogen-bond donors (Lipinski definition) is 1. The average Bonchev–Trinajstić information content (AvgIpc) is 3.09. The Morgan fingerprint density at radius 2 is 2.18 bits per heavy atom. The van der Waals surface area contributed by atoms with Crippen LogP contribution in [0.15, 0.2) is 29.3 Å². The van der Waals surface area contributed by atoms with Crippen LogP contribution in [0.4, 0.5) is 5.69 Å². The van der Waals surface area contributed by atoms with Gasteiger partial charge in [0.2, 0.25) is 5.91 Å². The molecular formula is C15H16ClN3O2S. The van der Waals surface area contributed by atoms with Gasteiger partial charge in [0.15, 0.2) is 5.17 Å². The molecule has 0 unspecified atom stereocenters. The molecule has 116 valence electrons. The monoisotopic (exact) mass is 337 g/mol. The molecule has 2 amide bonds. The van der Waals surface area contributed by atoms with Gasteiger partial charge in [-0.25, -0.2) is 0 Å². The second-order valence-corrected chi connectivity index (χ2v) is 6.90. The van der Waals surface area contributed by atoms with E-state index >= 15 is 0 Å². The second kappa shape index (κ2) is 6.71. The Bertz CT molecular complexity index is 629. The summed E-state index contributed by atoms with van der Waals surface area (Å²) in [6.45, 7) is 1.89. The lowest BCUT2D eigenvalue weighted by atomic mass is 10.2. The molecular weight excluding hydrogens is 322 g/mol. The fraction of sp³-hybridized carbons (Fsp3) is 0.400. The van der Waals surface area contributed by atoms with Gasteiger partial charge in [-0.2, -0.15) is 4.99 Å². The highest BCUT2D eigenvalue weighted by atomic mass is 35.5. The normalized spacial score (nSPS) is 21.1. The van der Waals surface area contributed by atoms with Crippen LogP contribution in [0, 0.1) is 0 Å². The lowest BCUT2D eigenvalue weighted by Crippen LogP contribution is -2.25. The van der Waals surface area contributed by atoms with E-state index in [4.69, 9.17) is 11.6 Å². The molecule has 2 aliphatic heterocycles. The van der Waals surface area contributed by atoms with E-state index in [-0.39, 0.29) is 18.2 Å². The quantitative estimate of drug-likeness (QED) is 0.921. The van der Waals surface area contributed by atoms with Crippen LogP contribution in [-0.2, 0) is 9.59 Å². The summed E-state index contributed by atoms with van der Waals surface area (Å²) < 4.78 is 0. The number of thioether (sulfide) groups is 1. The van der Waals surface area contributed by atoms with E-state index in [9.17, 15) is 9.59 Å². The van der Waals surface area contributed by atoms with Gasteiger partial charge in [-0.1, -0.05) is 29.4 Å². The first-order chi connectivity index (χ1) is 10.6. The lowest BCUT2D eigenvalue weighted by Gasteiger charge is -2.16. The third-order valence-corrected chi connectivity index (χ3v) is 5.03. The molecule has 2 heterocycles. The maximum Gasteiger partial charge on any atom is 0.262 e. The molecule has 1 atom stereocenters. The molecule has 0 bridgehead atoms. The van der Waals surface area contributed by atoms with Crippen LogP contribution >= 0.6 is 23.4 Å². The molecule has 1 saturated heterocycles. The number of nitrogens with zero attached hydrogens (tertiary/aromatic N) is 2. The van der Waals surface area contributed by atoms with Gasteiger partial charge in [0, 0.05) is 30.2 Å². The highest BCUT2D eigenvalue weighted by Gasteiger charge is 2.33. The molecule has 0 radical (unpaired) electrons. The van der Waals surface area contributed by atoms with Crippen molar-refractivity contribution in [3.8, 4) is 0 Å². The summed E-state index contributed by atoms with van der Waals surface area (Å²) in [5, 5.41) is 3.67. The fourth-order valence-corrected chi connectivity index (χ4v) is 3.81. The molecule has 1 aromatic rings. The smallest absolute Gasteiger partial charge is 0.262 e. The third-order valence-electron chi connectivity index (χ3n) is 3.58. The minimum Gasteiger partial charge on any atom is -0.351 e. The van der Waals surface area contributed by atoms with Crippen molar-refractivity contribution in [1.29, 1.82) is 0 Å². The minimum atomic E-state index is -0.421. The predicted octanol–water partition coefficient (Wildman–Crippen LogP) is 2.76. The Balaban J connectivity index is 1.55. The van der Waals surface area contributed by atoms with Gasteiger partial charge in [0.05, 0.1) is 0 Å². The van der Waals surface area contributed by atoms with Crippen LogP contribution in [0.2, 0.25) is 5.02 Å². The van der Waals surface area contributed by atoms with Crippen LogP contribution in [-0.4, -0.2) is 40.2 Å². The highest BCUT2D eigenvalue weighted by molar-refractivity contribution is 8.15. The summed E-state index contributed by atoms with van der Waals surface area (Å²) in [5.74, 6) is -0.417. The lowest BCUT2D eigenvalue weighted by molar-refractivity contribution is -0.121. The van der Waals surface area contributed by atoms with Crippen molar-refractivity contribution >= 4 is 46.0 Å². The van der Waals surface area contributed by atoms with Crippen molar-refractivity contribution in [3.05, 3.63) is 29.3 Å². The summed E-state index contributed by atoms with van der Waals surface area (Å²) in [7, 11) is 0. The van der Waals surface area contributed by atoms with Gasteiger partial charge in [0.25, 0.3) is 5.91 Å². The van der Waals surface area contributed by atoms with E-state index in [0.717, 1.165) is 31.1 Å². The number of rotatable bonds is 3. The SMILES string of the molecule is O=C(C[C@@H]1SC(N2CCCC2)=NC1=O)Nc1cccc(Cl)c1. The average molecular weight is 338 g/mol. The maximum atomic E-state index is 12.1. The molecule has 0 spiro atoms. The van der Waals surface area contributed by atoms with Gasteiger partial charge in [0.1, 0.15) is 5.25 Å². The van der Waals surface area contributed by atoms with E-state index < -0.39 is 5.25 Å². The Morgan fingerprint density at radius 3 is 2.91 bits per heavy atom. The molecule has 1 aromatic carbocycles. The van der Waals surface area contributed by atoms with Gasteiger partial charge < -0.3 is 10.2 Å². The zero-order valence-electron chi connectivity index (χ0n) is 11.9. The number of hydrogen-bond acceptors (Lipinski definition) is 4. The molecule has 1 N–H and O–H groups in total. The van der Waals surface area contributed by atoms with Crippen molar-refractivity contribution < 1.29 is 9.59 Å².